The lowest BCUT2D eigenvalue weighted by Crippen LogP contribution is -2.27. The highest BCUT2D eigenvalue weighted by Gasteiger charge is 2.33. The Bertz CT molecular complexity index is 849. The number of halogens is 1. The van der Waals surface area contributed by atoms with Gasteiger partial charge in [-0.05, 0) is 36.4 Å². The van der Waals surface area contributed by atoms with E-state index in [0.29, 0.717) is 31.2 Å². The van der Waals surface area contributed by atoms with Crippen molar-refractivity contribution in [2.75, 3.05) is 12.0 Å². The molecule has 0 saturated carbocycles. The highest BCUT2D eigenvalue weighted by molar-refractivity contribution is 8.27. The third-order valence-electron chi connectivity index (χ3n) is 3.42. The second kappa shape index (κ2) is 6.84. The summed E-state index contributed by atoms with van der Waals surface area (Å²) in [6.45, 7) is 0. The first-order valence-electron chi connectivity index (χ1n) is 6.91. The molecule has 0 aliphatic carbocycles. The highest BCUT2D eigenvalue weighted by atomic mass is 35.5. The van der Waals surface area contributed by atoms with Gasteiger partial charge in [-0.1, -0.05) is 47.7 Å². The minimum Gasteiger partial charge on any atom is -0.504 e. The molecule has 1 amide bonds. The van der Waals surface area contributed by atoms with Gasteiger partial charge in [-0.2, -0.15) is 0 Å². The van der Waals surface area contributed by atoms with Gasteiger partial charge in [0.25, 0.3) is 5.91 Å². The first-order valence-corrected chi connectivity index (χ1v) is 8.51. The van der Waals surface area contributed by atoms with Crippen LogP contribution in [0.3, 0.4) is 0 Å². The average Bonchev–Trinajstić information content (AvgIpc) is 2.84. The van der Waals surface area contributed by atoms with E-state index in [1.54, 1.807) is 48.5 Å². The van der Waals surface area contributed by atoms with Crippen LogP contribution in [-0.4, -0.2) is 22.4 Å². The van der Waals surface area contributed by atoms with Crippen LogP contribution in [0.1, 0.15) is 5.56 Å². The van der Waals surface area contributed by atoms with E-state index in [1.165, 1.54) is 23.8 Å². The minimum atomic E-state index is -0.241. The van der Waals surface area contributed by atoms with Gasteiger partial charge in [-0.25, -0.2) is 0 Å². The van der Waals surface area contributed by atoms with Crippen LogP contribution in [0.2, 0.25) is 5.02 Å². The largest absolute Gasteiger partial charge is 0.504 e. The van der Waals surface area contributed by atoms with Gasteiger partial charge in [0.15, 0.2) is 15.8 Å². The number of methoxy groups -OCH3 is 1. The molecule has 1 heterocycles. The molecule has 0 atom stereocenters. The molecule has 1 aliphatic rings. The molecule has 1 N–H and O–H groups in total. The zero-order valence-corrected chi connectivity index (χ0v) is 14.9. The molecule has 1 saturated heterocycles. The van der Waals surface area contributed by atoms with Gasteiger partial charge in [0.1, 0.15) is 0 Å². The average molecular weight is 378 g/mol. The zero-order valence-electron chi connectivity index (χ0n) is 12.5. The third-order valence-corrected chi connectivity index (χ3v) is 4.97. The molecule has 3 rings (SSSR count). The number of ether oxygens (including phenoxy) is 1. The quantitative estimate of drug-likeness (QED) is 0.632. The molecule has 2 aromatic rings. The first-order chi connectivity index (χ1) is 11.5. The number of carbonyl (C=O) groups is 1. The van der Waals surface area contributed by atoms with Crippen LogP contribution in [-0.2, 0) is 4.79 Å². The van der Waals surface area contributed by atoms with E-state index < -0.39 is 0 Å². The number of aromatic hydroxyl groups is 1. The highest BCUT2D eigenvalue weighted by Crippen LogP contribution is 2.38. The van der Waals surface area contributed by atoms with Crippen molar-refractivity contribution in [3.8, 4) is 11.5 Å². The molecule has 4 nitrogen and oxygen atoms in total. The maximum absolute atomic E-state index is 12.7. The molecule has 0 bridgehead atoms. The molecule has 122 valence electrons. The van der Waals surface area contributed by atoms with E-state index in [9.17, 15) is 9.90 Å². The fourth-order valence-corrected chi connectivity index (χ4v) is 3.66. The summed E-state index contributed by atoms with van der Waals surface area (Å²) in [5.41, 5.74) is 1.14. The van der Waals surface area contributed by atoms with E-state index in [-0.39, 0.29) is 11.7 Å². The van der Waals surface area contributed by atoms with E-state index in [2.05, 4.69) is 0 Å². The maximum Gasteiger partial charge on any atom is 0.270 e. The molecule has 1 aliphatic heterocycles. The molecule has 1 fully saturated rings. The number of thiocarbonyl (C=S) groups is 1. The molecule has 7 heteroatoms. The number of hydrogen-bond acceptors (Lipinski definition) is 5. The summed E-state index contributed by atoms with van der Waals surface area (Å²) in [7, 11) is 1.47. The Morgan fingerprint density at radius 1 is 1.25 bits per heavy atom. The number of anilines is 1. The predicted octanol–water partition coefficient (Wildman–Crippen LogP) is 4.46. The first kappa shape index (κ1) is 16.8. The predicted molar refractivity (Wildman–Crippen MR) is 102 cm³/mol. The van der Waals surface area contributed by atoms with Gasteiger partial charge >= 0.3 is 0 Å². The Morgan fingerprint density at radius 2 is 1.96 bits per heavy atom. The number of carbonyl (C=O) groups excluding carboxylic acids is 1. The van der Waals surface area contributed by atoms with E-state index in [4.69, 9.17) is 28.6 Å². The monoisotopic (exact) mass is 377 g/mol. The number of para-hydroxylation sites is 1. The maximum atomic E-state index is 12.7. The second-order valence-corrected chi connectivity index (χ2v) is 7.00. The fraction of sp³-hybridized carbons (Fsp3) is 0.0588. The number of thioether (sulfide) groups is 1. The summed E-state index contributed by atoms with van der Waals surface area (Å²) in [6, 6.07) is 12.0. The second-order valence-electron chi connectivity index (χ2n) is 4.89. The number of amides is 1. The number of nitrogens with zero attached hydrogens (tertiary/aromatic N) is 1. The van der Waals surface area contributed by atoms with Gasteiger partial charge in [-0.3, -0.25) is 9.69 Å². The topological polar surface area (TPSA) is 49.8 Å². The number of phenolic OH excluding ortho intramolecular Hbond substituents is 1. The van der Waals surface area contributed by atoms with E-state index >= 15 is 0 Å². The van der Waals surface area contributed by atoms with Crippen molar-refractivity contribution >= 4 is 57.6 Å². The lowest BCUT2D eigenvalue weighted by atomic mass is 10.1. The summed E-state index contributed by atoms with van der Waals surface area (Å²) in [4.78, 5) is 14.5. The summed E-state index contributed by atoms with van der Waals surface area (Å²) < 4.78 is 5.51. The van der Waals surface area contributed by atoms with Gasteiger partial charge in [0, 0.05) is 10.6 Å². The lowest BCUT2D eigenvalue weighted by molar-refractivity contribution is -0.113. The fourth-order valence-electron chi connectivity index (χ4n) is 2.24. The van der Waals surface area contributed by atoms with Crippen LogP contribution in [0.5, 0.6) is 11.5 Å². The molecule has 0 unspecified atom stereocenters. The minimum absolute atomic E-state index is 0.0169. The number of benzene rings is 2. The lowest BCUT2D eigenvalue weighted by Gasteiger charge is -2.14. The van der Waals surface area contributed by atoms with Crippen LogP contribution < -0.4 is 9.64 Å². The SMILES string of the molecule is COc1cccc(C=C2SC(=S)N(c3ccc(Cl)cc3)C2=O)c1O. The Balaban J connectivity index is 1.95. The Labute approximate surface area is 153 Å². The summed E-state index contributed by atoms with van der Waals surface area (Å²) >= 11 is 12.4. The van der Waals surface area contributed by atoms with Crippen molar-refractivity contribution in [1.29, 1.82) is 0 Å². The smallest absolute Gasteiger partial charge is 0.270 e. The normalized spacial score (nSPS) is 16.1. The van der Waals surface area contributed by atoms with Crippen LogP contribution in [0, 0.1) is 0 Å². The van der Waals surface area contributed by atoms with Gasteiger partial charge in [-0.15, -0.1) is 0 Å². The van der Waals surface area contributed by atoms with Crippen LogP contribution in [0.4, 0.5) is 5.69 Å². The molecular formula is C17H12ClNO3S2. The zero-order chi connectivity index (χ0) is 17.3. The van der Waals surface area contributed by atoms with Crippen LogP contribution in [0.25, 0.3) is 6.08 Å². The van der Waals surface area contributed by atoms with Crippen molar-refractivity contribution in [3.05, 3.63) is 58.0 Å². The summed E-state index contributed by atoms with van der Waals surface area (Å²) in [5.74, 6) is 0.0863. The van der Waals surface area contributed by atoms with Crippen LogP contribution in [0.15, 0.2) is 47.4 Å². The number of phenols is 1. The van der Waals surface area contributed by atoms with Crippen molar-refractivity contribution in [3.63, 3.8) is 0 Å². The van der Waals surface area contributed by atoms with Gasteiger partial charge in [0.05, 0.1) is 17.7 Å². The summed E-state index contributed by atoms with van der Waals surface area (Å²) in [5, 5.41) is 10.7. The van der Waals surface area contributed by atoms with Crippen molar-refractivity contribution in [2.45, 2.75) is 0 Å². The van der Waals surface area contributed by atoms with E-state index in [0.717, 1.165) is 0 Å². The molecule has 0 aromatic heterocycles. The standard InChI is InChI=1S/C17H12ClNO3S2/c1-22-13-4-2-3-10(15(13)20)9-14-16(21)19(17(23)24-14)12-7-5-11(18)6-8-12/h2-9,20H,1H3. The Kier molecular flexibility index (Phi) is 4.80. The van der Waals surface area contributed by atoms with Crippen LogP contribution >= 0.6 is 35.6 Å². The van der Waals surface area contributed by atoms with E-state index in [1.807, 2.05) is 0 Å². The van der Waals surface area contributed by atoms with Gasteiger partial charge in [0.2, 0.25) is 0 Å². The molecule has 2 aromatic carbocycles. The summed E-state index contributed by atoms with van der Waals surface area (Å²) in [6.07, 6.45) is 1.60. The van der Waals surface area contributed by atoms with Gasteiger partial charge < -0.3 is 9.84 Å². The molecule has 24 heavy (non-hydrogen) atoms. The molecular weight excluding hydrogens is 366 g/mol. The Hall–Kier alpha value is -2.02. The number of hydrogen-bond donors (Lipinski definition) is 1. The molecule has 0 spiro atoms. The van der Waals surface area contributed by atoms with Crippen molar-refractivity contribution < 1.29 is 14.6 Å². The Morgan fingerprint density at radius 3 is 2.62 bits per heavy atom. The molecule has 0 radical (unpaired) electrons. The van der Waals surface area contributed by atoms with Crippen molar-refractivity contribution in [2.24, 2.45) is 0 Å². The van der Waals surface area contributed by atoms with Crippen molar-refractivity contribution in [1.82, 2.24) is 0 Å². The number of rotatable bonds is 3. The third kappa shape index (κ3) is 3.13.